The SMILES string of the molecule is CC1(C)c2cc(N3c4ccccc4-c4cccc5c(C(c6ccc(-c7ccccc7)cc6)c6ccc(-c7ccccc7)cc6)ccc(c45)-c4ccccc43)ccc2-c2cc3ccccc3cc21. The Bertz CT molecular complexity index is 3560. The van der Waals surface area contributed by atoms with Crippen LogP contribution in [0.4, 0.5) is 17.1 Å². The Balaban J connectivity index is 0.998. The Kier molecular flexibility index (Phi) is 9.02. The molecular formula is C66H47N. The molecule has 316 valence electrons. The largest absolute Gasteiger partial charge is 0.309 e. The van der Waals surface area contributed by atoms with Crippen molar-refractivity contribution in [3.05, 3.63) is 270 Å². The van der Waals surface area contributed by atoms with Crippen molar-refractivity contribution in [1.82, 2.24) is 0 Å². The molecule has 1 aliphatic heterocycles. The van der Waals surface area contributed by atoms with Gasteiger partial charge in [-0.25, -0.2) is 0 Å². The molecule has 67 heavy (non-hydrogen) atoms. The smallest absolute Gasteiger partial charge is 0.0540 e. The predicted molar refractivity (Wildman–Crippen MR) is 283 cm³/mol. The number of benzene rings is 11. The van der Waals surface area contributed by atoms with Gasteiger partial charge in [0.25, 0.3) is 0 Å². The van der Waals surface area contributed by atoms with Crippen LogP contribution in [0.3, 0.4) is 0 Å². The second kappa shape index (κ2) is 15.4. The van der Waals surface area contributed by atoms with Crippen LogP contribution in [0.1, 0.15) is 47.6 Å². The zero-order chi connectivity index (χ0) is 44.6. The van der Waals surface area contributed by atoms with Crippen molar-refractivity contribution >= 4 is 38.6 Å². The second-order valence-electron chi connectivity index (χ2n) is 18.8. The topological polar surface area (TPSA) is 3.24 Å². The number of rotatable bonds is 6. The highest BCUT2D eigenvalue weighted by molar-refractivity contribution is 6.14. The van der Waals surface area contributed by atoms with E-state index in [-0.39, 0.29) is 11.3 Å². The molecule has 0 atom stereocenters. The normalized spacial score (nSPS) is 13.1. The van der Waals surface area contributed by atoms with Crippen molar-refractivity contribution in [3.8, 4) is 55.6 Å². The zero-order valence-electron chi connectivity index (χ0n) is 37.6. The summed E-state index contributed by atoms with van der Waals surface area (Å²) in [5, 5.41) is 5.12. The van der Waals surface area contributed by atoms with Crippen LogP contribution in [-0.4, -0.2) is 0 Å². The monoisotopic (exact) mass is 853 g/mol. The van der Waals surface area contributed by atoms with Crippen LogP contribution >= 0.6 is 0 Å². The highest BCUT2D eigenvalue weighted by Crippen LogP contribution is 2.55. The summed E-state index contributed by atoms with van der Waals surface area (Å²) in [7, 11) is 0. The van der Waals surface area contributed by atoms with Crippen molar-refractivity contribution in [3.63, 3.8) is 0 Å². The van der Waals surface area contributed by atoms with E-state index in [0.29, 0.717) is 0 Å². The lowest BCUT2D eigenvalue weighted by atomic mass is 9.79. The summed E-state index contributed by atoms with van der Waals surface area (Å²) in [5.41, 5.74) is 22.4. The summed E-state index contributed by atoms with van der Waals surface area (Å²) in [5.74, 6) is -0.0112. The summed E-state index contributed by atoms with van der Waals surface area (Å²) in [6.45, 7) is 4.78. The molecule has 0 bridgehead atoms. The predicted octanol–water partition coefficient (Wildman–Crippen LogP) is 17.9. The summed E-state index contributed by atoms with van der Waals surface area (Å²) in [4.78, 5) is 2.52. The molecule has 2 aliphatic rings. The van der Waals surface area contributed by atoms with E-state index in [9.17, 15) is 0 Å². The fraction of sp³-hybridized carbons (Fsp3) is 0.0606. The number of anilines is 3. The fourth-order valence-electron chi connectivity index (χ4n) is 11.4. The van der Waals surface area contributed by atoms with Crippen LogP contribution in [0.25, 0.3) is 77.2 Å². The maximum atomic E-state index is 2.52. The van der Waals surface area contributed by atoms with Gasteiger partial charge in [-0.15, -0.1) is 0 Å². The summed E-state index contributed by atoms with van der Waals surface area (Å²) >= 11 is 0. The third kappa shape index (κ3) is 6.30. The van der Waals surface area contributed by atoms with Gasteiger partial charge in [-0.05, 0) is 130 Å². The van der Waals surface area contributed by atoms with Crippen LogP contribution in [0.5, 0.6) is 0 Å². The quantitative estimate of drug-likeness (QED) is 0.151. The highest BCUT2D eigenvalue weighted by atomic mass is 15.1. The molecule has 11 aromatic rings. The van der Waals surface area contributed by atoms with Gasteiger partial charge in [0, 0.05) is 28.1 Å². The Morgan fingerprint density at radius 3 is 1.43 bits per heavy atom. The van der Waals surface area contributed by atoms with E-state index in [0.717, 1.165) is 5.69 Å². The number of nitrogens with zero attached hydrogens (tertiary/aromatic N) is 1. The molecule has 11 aromatic carbocycles. The molecule has 0 fully saturated rings. The molecule has 0 spiro atoms. The molecule has 1 heterocycles. The Labute approximate surface area is 392 Å². The zero-order valence-corrected chi connectivity index (χ0v) is 37.6. The third-order valence-corrected chi connectivity index (χ3v) is 14.7. The van der Waals surface area contributed by atoms with Crippen molar-refractivity contribution < 1.29 is 0 Å². The molecule has 0 N–H and O–H groups in total. The van der Waals surface area contributed by atoms with Gasteiger partial charge in [-0.3, -0.25) is 0 Å². The van der Waals surface area contributed by atoms with Gasteiger partial charge in [-0.1, -0.05) is 220 Å². The average Bonchev–Trinajstić information content (AvgIpc) is 3.60. The van der Waals surface area contributed by atoms with Crippen LogP contribution in [0.2, 0.25) is 0 Å². The minimum atomic E-state index is -0.165. The van der Waals surface area contributed by atoms with Crippen LogP contribution in [0, 0.1) is 0 Å². The van der Waals surface area contributed by atoms with Crippen molar-refractivity contribution in [1.29, 1.82) is 0 Å². The molecular weight excluding hydrogens is 807 g/mol. The lowest BCUT2D eigenvalue weighted by Gasteiger charge is -2.33. The first-order valence-corrected chi connectivity index (χ1v) is 23.5. The van der Waals surface area contributed by atoms with E-state index in [1.165, 1.54) is 116 Å². The van der Waals surface area contributed by atoms with Gasteiger partial charge < -0.3 is 4.90 Å². The first-order chi connectivity index (χ1) is 33.0. The Hall–Kier alpha value is -8.26. The van der Waals surface area contributed by atoms with Crippen molar-refractivity contribution in [2.24, 2.45) is 0 Å². The van der Waals surface area contributed by atoms with E-state index in [4.69, 9.17) is 0 Å². The standard InChI is InChI=1S/C66H47N/c1-66(2)60-41-50-21-10-9-20-49(50)40-59(60)52-37-36-51(42-61(52)66)67-62-26-13-11-22-53(62)55-24-15-25-56-58(39-38-57(65(55)56)54-23-12-14-27-63(54)67)64(47-32-28-45(29-33-47)43-16-5-3-6-17-43)48-34-30-46(31-35-48)44-18-7-4-8-19-44/h3-42,64H,1-2H3. The lowest BCUT2D eigenvalue weighted by molar-refractivity contribution is 0.661. The van der Waals surface area contributed by atoms with E-state index in [2.05, 4.69) is 261 Å². The fourth-order valence-corrected chi connectivity index (χ4v) is 11.4. The van der Waals surface area contributed by atoms with Crippen LogP contribution in [-0.2, 0) is 5.41 Å². The molecule has 1 nitrogen and oxygen atoms in total. The second-order valence-corrected chi connectivity index (χ2v) is 18.8. The van der Waals surface area contributed by atoms with Crippen molar-refractivity contribution in [2.45, 2.75) is 25.2 Å². The van der Waals surface area contributed by atoms with E-state index in [1.54, 1.807) is 0 Å². The van der Waals surface area contributed by atoms with Crippen LogP contribution < -0.4 is 4.90 Å². The molecule has 0 aromatic heterocycles. The molecule has 0 saturated heterocycles. The number of para-hydroxylation sites is 2. The maximum absolute atomic E-state index is 2.52. The Morgan fingerprint density at radius 1 is 0.343 bits per heavy atom. The van der Waals surface area contributed by atoms with E-state index >= 15 is 0 Å². The number of hydrogen-bond donors (Lipinski definition) is 0. The molecule has 13 rings (SSSR count). The number of fused-ring (bicyclic) bond motifs is 8. The van der Waals surface area contributed by atoms with E-state index < -0.39 is 0 Å². The molecule has 0 saturated carbocycles. The first kappa shape index (κ1) is 39.1. The van der Waals surface area contributed by atoms with Crippen LogP contribution in [0.15, 0.2) is 243 Å². The molecule has 0 unspecified atom stereocenters. The van der Waals surface area contributed by atoms with E-state index in [1.807, 2.05) is 0 Å². The van der Waals surface area contributed by atoms with Gasteiger partial charge in [0.1, 0.15) is 0 Å². The minimum absolute atomic E-state index is 0.0112. The highest BCUT2D eigenvalue weighted by Gasteiger charge is 2.37. The van der Waals surface area contributed by atoms with Gasteiger partial charge in [0.05, 0.1) is 11.4 Å². The number of hydrogen-bond acceptors (Lipinski definition) is 1. The lowest BCUT2D eigenvalue weighted by Crippen LogP contribution is -2.17. The third-order valence-electron chi connectivity index (χ3n) is 14.7. The molecule has 0 radical (unpaired) electrons. The minimum Gasteiger partial charge on any atom is -0.309 e. The molecule has 1 heteroatoms. The van der Waals surface area contributed by atoms with Gasteiger partial charge in [0.2, 0.25) is 0 Å². The molecule has 0 amide bonds. The van der Waals surface area contributed by atoms with Crippen molar-refractivity contribution in [2.75, 3.05) is 4.90 Å². The average molecular weight is 854 g/mol. The first-order valence-electron chi connectivity index (χ1n) is 23.5. The van der Waals surface area contributed by atoms with Gasteiger partial charge in [-0.2, -0.15) is 0 Å². The molecule has 1 aliphatic carbocycles. The van der Waals surface area contributed by atoms with Gasteiger partial charge in [0.15, 0.2) is 0 Å². The Morgan fingerprint density at radius 2 is 0.821 bits per heavy atom. The van der Waals surface area contributed by atoms with Gasteiger partial charge >= 0.3 is 0 Å². The summed E-state index contributed by atoms with van der Waals surface area (Å²) in [6, 6.07) is 90.5. The maximum Gasteiger partial charge on any atom is 0.0540 e. The summed E-state index contributed by atoms with van der Waals surface area (Å²) < 4.78 is 0. The summed E-state index contributed by atoms with van der Waals surface area (Å²) in [6.07, 6.45) is 0.